The number of nitrogens with zero attached hydrogens (tertiary/aromatic N) is 3. The Morgan fingerprint density at radius 2 is 2.41 bits per heavy atom. The lowest BCUT2D eigenvalue weighted by atomic mass is 9.77. The minimum absolute atomic E-state index is 0.224. The van der Waals surface area contributed by atoms with Crippen molar-refractivity contribution in [1.82, 2.24) is 14.8 Å². The van der Waals surface area contributed by atoms with Crippen LogP contribution >= 0.6 is 15.9 Å². The number of hydrogen-bond donors (Lipinski definition) is 0. The number of aryl methyl sites for hydroxylation is 1. The van der Waals surface area contributed by atoms with E-state index in [2.05, 4.69) is 26.0 Å². The van der Waals surface area contributed by atoms with Gasteiger partial charge in [0, 0.05) is 30.8 Å². The van der Waals surface area contributed by atoms with Crippen molar-refractivity contribution in [2.45, 2.75) is 31.8 Å². The molecule has 17 heavy (non-hydrogen) atoms. The minimum Gasteiger partial charge on any atom is -0.377 e. The van der Waals surface area contributed by atoms with Crippen LogP contribution in [0.5, 0.6) is 0 Å². The van der Waals surface area contributed by atoms with E-state index in [4.69, 9.17) is 4.74 Å². The van der Waals surface area contributed by atoms with Crippen molar-refractivity contribution < 1.29 is 4.74 Å². The predicted molar refractivity (Wildman–Crippen MR) is 68.0 cm³/mol. The summed E-state index contributed by atoms with van der Waals surface area (Å²) in [5.74, 6) is 1.85. The van der Waals surface area contributed by atoms with Crippen LogP contribution in [0, 0.1) is 11.3 Å². The summed E-state index contributed by atoms with van der Waals surface area (Å²) in [6.45, 7) is 0.893. The number of alkyl halides is 1. The highest BCUT2D eigenvalue weighted by Crippen LogP contribution is 2.50. The van der Waals surface area contributed by atoms with E-state index in [1.165, 1.54) is 12.8 Å². The van der Waals surface area contributed by atoms with E-state index in [-0.39, 0.29) is 5.41 Å². The smallest absolute Gasteiger partial charge is 0.138 e. The highest BCUT2D eigenvalue weighted by atomic mass is 79.9. The fourth-order valence-electron chi connectivity index (χ4n) is 2.92. The van der Waals surface area contributed by atoms with Gasteiger partial charge in [-0.1, -0.05) is 15.9 Å². The van der Waals surface area contributed by atoms with Gasteiger partial charge in [-0.3, -0.25) is 4.68 Å². The monoisotopic (exact) mass is 299 g/mol. The van der Waals surface area contributed by atoms with Gasteiger partial charge in [0.25, 0.3) is 0 Å². The number of ether oxygens (including phenoxy) is 1. The molecule has 94 valence electrons. The van der Waals surface area contributed by atoms with Crippen molar-refractivity contribution >= 4 is 15.9 Å². The number of rotatable bonds is 4. The highest BCUT2D eigenvalue weighted by Gasteiger charge is 2.50. The van der Waals surface area contributed by atoms with Crippen LogP contribution in [0.4, 0.5) is 0 Å². The van der Waals surface area contributed by atoms with Crippen LogP contribution in [-0.4, -0.2) is 32.8 Å². The summed E-state index contributed by atoms with van der Waals surface area (Å²) in [5.41, 5.74) is 0.224. The molecule has 0 N–H and O–H groups in total. The maximum Gasteiger partial charge on any atom is 0.138 e. The van der Waals surface area contributed by atoms with Crippen molar-refractivity contribution in [3.05, 3.63) is 12.2 Å². The zero-order chi connectivity index (χ0) is 11.9. The Kier molecular flexibility index (Phi) is 2.99. The first-order valence-electron chi connectivity index (χ1n) is 6.26. The molecule has 0 spiro atoms. The second-order valence-corrected chi connectivity index (χ2v) is 5.91. The van der Waals surface area contributed by atoms with Gasteiger partial charge < -0.3 is 4.74 Å². The lowest BCUT2D eigenvalue weighted by Crippen LogP contribution is -2.37. The van der Waals surface area contributed by atoms with Crippen molar-refractivity contribution in [2.75, 3.05) is 11.9 Å². The van der Waals surface area contributed by atoms with Gasteiger partial charge in [-0.25, -0.2) is 4.98 Å². The molecule has 2 atom stereocenters. The van der Waals surface area contributed by atoms with Crippen LogP contribution in [0.3, 0.4) is 0 Å². The molecule has 1 aromatic rings. The Morgan fingerprint density at radius 3 is 3.00 bits per heavy atom. The largest absolute Gasteiger partial charge is 0.377 e. The molecule has 2 fully saturated rings. The summed E-state index contributed by atoms with van der Waals surface area (Å²) in [6, 6.07) is 0. The Labute approximate surface area is 110 Å². The van der Waals surface area contributed by atoms with E-state index in [9.17, 15) is 0 Å². The van der Waals surface area contributed by atoms with Crippen molar-refractivity contribution in [3.8, 4) is 0 Å². The van der Waals surface area contributed by atoms with E-state index in [0.29, 0.717) is 6.10 Å². The molecule has 1 saturated heterocycles. The SMILES string of the molecule is Cn1ncnc1CC1(CBr)CCOC1C1CC1. The van der Waals surface area contributed by atoms with Crippen LogP contribution in [-0.2, 0) is 18.2 Å². The quantitative estimate of drug-likeness (QED) is 0.798. The lowest BCUT2D eigenvalue weighted by Gasteiger charge is -2.32. The average molecular weight is 300 g/mol. The number of halogens is 1. The normalized spacial score (nSPS) is 33.2. The predicted octanol–water partition coefficient (Wildman–Crippen LogP) is 1.94. The third-order valence-electron chi connectivity index (χ3n) is 4.13. The summed E-state index contributed by atoms with van der Waals surface area (Å²) in [7, 11) is 1.96. The highest BCUT2D eigenvalue weighted by molar-refractivity contribution is 9.09. The third kappa shape index (κ3) is 2.03. The first kappa shape index (κ1) is 11.7. The molecule has 1 saturated carbocycles. The topological polar surface area (TPSA) is 39.9 Å². The van der Waals surface area contributed by atoms with Gasteiger partial charge in [-0.15, -0.1) is 0 Å². The molecule has 1 aromatic heterocycles. The summed E-state index contributed by atoms with van der Waals surface area (Å²) in [5, 5.41) is 5.15. The molecule has 5 heteroatoms. The van der Waals surface area contributed by atoms with E-state index < -0.39 is 0 Å². The fourth-order valence-corrected chi connectivity index (χ4v) is 3.72. The maximum atomic E-state index is 5.98. The van der Waals surface area contributed by atoms with Crippen LogP contribution in [0.25, 0.3) is 0 Å². The number of aromatic nitrogens is 3. The van der Waals surface area contributed by atoms with Gasteiger partial charge in [0.2, 0.25) is 0 Å². The molecule has 0 bridgehead atoms. The first-order valence-corrected chi connectivity index (χ1v) is 7.38. The lowest BCUT2D eigenvalue weighted by molar-refractivity contribution is 0.0402. The van der Waals surface area contributed by atoms with Crippen molar-refractivity contribution in [2.24, 2.45) is 18.4 Å². The van der Waals surface area contributed by atoms with Gasteiger partial charge in [-0.05, 0) is 25.2 Å². The van der Waals surface area contributed by atoms with Gasteiger partial charge in [0.05, 0.1) is 6.10 Å². The van der Waals surface area contributed by atoms with Crippen LogP contribution in [0.1, 0.15) is 25.1 Å². The Balaban J connectivity index is 1.83. The van der Waals surface area contributed by atoms with Gasteiger partial charge in [0.15, 0.2) is 0 Å². The molecule has 2 unspecified atom stereocenters. The zero-order valence-corrected chi connectivity index (χ0v) is 11.7. The van der Waals surface area contributed by atoms with E-state index in [0.717, 1.165) is 36.5 Å². The molecule has 0 aromatic carbocycles. The first-order chi connectivity index (χ1) is 8.25. The van der Waals surface area contributed by atoms with Crippen molar-refractivity contribution in [3.63, 3.8) is 0 Å². The van der Waals surface area contributed by atoms with Gasteiger partial charge in [0.1, 0.15) is 12.2 Å². The average Bonchev–Trinajstić information content (AvgIpc) is 2.98. The Morgan fingerprint density at radius 1 is 1.59 bits per heavy atom. The summed E-state index contributed by atoms with van der Waals surface area (Å²) in [4.78, 5) is 4.36. The molecule has 1 aliphatic carbocycles. The second-order valence-electron chi connectivity index (χ2n) is 5.35. The third-order valence-corrected chi connectivity index (χ3v) is 5.25. The zero-order valence-electron chi connectivity index (χ0n) is 10.1. The minimum atomic E-state index is 0.224. The summed E-state index contributed by atoms with van der Waals surface area (Å²) < 4.78 is 7.87. The van der Waals surface area contributed by atoms with Gasteiger partial charge in [-0.2, -0.15) is 5.10 Å². The van der Waals surface area contributed by atoms with Crippen molar-refractivity contribution in [1.29, 1.82) is 0 Å². The molecule has 2 heterocycles. The van der Waals surface area contributed by atoms with Gasteiger partial charge >= 0.3 is 0 Å². The molecule has 2 aliphatic rings. The van der Waals surface area contributed by atoms with E-state index in [1.807, 2.05) is 11.7 Å². The molecular weight excluding hydrogens is 282 g/mol. The number of hydrogen-bond acceptors (Lipinski definition) is 3. The fraction of sp³-hybridized carbons (Fsp3) is 0.833. The summed E-state index contributed by atoms with van der Waals surface area (Å²) >= 11 is 3.70. The second kappa shape index (κ2) is 4.35. The van der Waals surface area contributed by atoms with Crippen LogP contribution < -0.4 is 0 Å². The molecule has 3 rings (SSSR count). The molecule has 0 amide bonds. The van der Waals surface area contributed by atoms with E-state index in [1.54, 1.807) is 6.33 Å². The molecule has 4 nitrogen and oxygen atoms in total. The molecular formula is C12H18BrN3O. The van der Waals surface area contributed by atoms with E-state index >= 15 is 0 Å². The molecule has 0 radical (unpaired) electrons. The maximum absolute atomic E-state index is 5.98. The standard InChI is InChI=1S/C12H18BrN3O/c1-16-10(14-8-15-16)6-12(7-13)4-5-17-11(12)9-2-3-9/h8-9,11H,2-7H2,1H3. The summed E-state index contributed by atoms with van der Waals surface area (Å²) in [6.07, 6.45) is 6.82. The van der Waals surface area contributed by atoms with Crippen LogP contribution in [0.15, 0.2) is 6.33 Å². The Bertz CT molecular complexity index is 404. The molecule has 1 aliphatic heterocycles. The van der Waals surface area contributed by atoms with Crippen LogP contribution in [0.2, 0.25) is 0 Å². The Hall–Kier alpha value is -0.420.